The second-order valence-electron chi connectivity index (χ2n) is 7.34. The highest BCUT2D eigenvalue weighted by Gasteiger charge is 2.29. The zero-order chi connectivity index (χ0) is 22.6. The number of ether oxygens (including phenoxy) is 1. The largest absolute Gasteiger partial charge is 0.495 e. The molecule has 0 spiro atoms. The van der Waals surface area contributed by atoms with E-state index in [1.54, 1.807) is 17.5 Å². The van der Waals surface area contributed by atoms with Crippen molar-refractivity contribution < 1.29 is 17.9 Å². The summed E-state index contributed by atoms with van der Waals surface area (Å²) in [7, 11) is -2.25. The van der Waals surface area contributed by atoms with Crippen molar-refractivity contribution in [2.75, 3.05) is 12.4 Å². The third kappa shape index (κ3) is 5.51. The molecule has 3 rings (SSSR count). The Bertz CT molecular complexity index is 1170. The highest BCUT2D eigenvalue weighted by molar-refractivity contribution is 7.92. The topological polar surface area (TPSA) is 85.4 Å². The quantitative estimate of drug-likeness (QED) is 0.532. The maximum Gasteiger partial charge on any atom is 0.242 e. The van der Waals surface area contributed by atoms with Gasteiger partial charge in [-0.25, -0.2) is 13.4 Å². The lowest BCUT2D eigenvalue weighted by atomic mass is 10.1. The van der Waals surface area contributed by atoms with Gasteiger partial charge in [0.2, 0.25) is 5.91 Å². The van der Waals surface area contributed by atoms with Crippen molar-refractivity contribution >= 4 is 32.8 Å². The number of rotatable bonds is 8. The summed E-state index contributed by atoms with van der Waals surface area (Å²) in [6, 6.07) is 13.4. The van der Waals surface area contributed by atoms with E-state index in [4.69, 9.17) is 4.74 Å². The first-order chi connectivity index (χ1) is 14.7. The highest BCUT2D eigenvalue weighted by atomic mass is 32.2. The Morgan fingerprint density at radius 1 is 1.19 bits per heavy atom. The van der Waals surface area contributed by atoms with Crippen LogP contribution in [0, 0.1) is 6.92 Å². The molecule has 2 aromatic carbocycles. The number of aryl methyl sites for hydroxylation is 2. The zero-order valence-corrected chi connectivity index (χ0v) is 19.6. The van der Waals surface area contributed by atoms with E-state index in [0.29, 0.717) is 17.1 Å². The fraction of sp³-hybridized carbons (Fsp3) is 0.304. The number of nitrogens with one attached hydrogen (secondary N) is 1. The molecule has 1 N–H and O–H groups in total. The number of nitrogens with zero attached hydrogens (tertiary/aromatic N) is 1. The molecule has 0 bridgehead atoms. The van der Waals surface area contributed by atoms with Gasteiger partial charge in [0.25, 0.3) is 0 Å². The average molecular weight is 459 g/mol. The summed E-state index contributed by atoms with van der Waals surface area (Å²) >= 11 is 1.39. The lowest BCUT2D eigenvalue weighted by Gasteiger charge is -2.15. The van der Waals surface area contributed by atoms with E-state index < -0.39 is 21.0 Å². The summed E-state index contributed by atoms with van der Waals surface area (Å²) in [5, 5.41) is 3.93. The first kappa shape index (κ1) is 23.0. The third-order valence-corrected chi connectivity index (χ3v) is 7.96. The van der Waals surface area contributed by atoms with Crippen LogP contribution in [0.4, 0.5) is 5.69 Å². The summed E-state index contributed by atoms with van der Waals surface area (Å²) in [6.07, 6.45) is 0.954. The van der Waals surface area contributed by atoms with E-state index >= 15 is 0 Å². The number of hydrogen-bond donors (Lipinski definition) is 1. The maximum atomic E-state index is 12.9. The molecule has 1 heterocycles. The van der Waals surface area contributed by atoms with Crippen LogP contribution < -0.4 is 10.1 Å². The number of thiazole rings is 1. The van der Waals surface area contributed by atoms with Gasteiger partial charge in [-0.15, -0.1) is 11.3 Å². The van der Waals surface area contributed by atoms with Crippen molar-refractivity contribution in [2.24, 2.45) is 0 Å². The summed E-state index contributed by atoms with van der Waals surface area (Å²) < 4.78 is 31.0. The Morgan fingerprint density at radius 3 is 2.55 bits per heavy atom. The van der Waals surface area contributed by atoms with Crippen molar-refractivity contribution in [3.05, 3.63) is 64.7 Å². The van der Waals surface area contributed by atoms with Gasteiger partial charge in [0.15, 0.2) is 9.84 Å². The van der Waals surface area contributed by atoms with Crippen molar-refractivity contribution in [3.8, 4) is 16.3 Å². The predicted molar refractivity (Wildman–Crippen MR) is 125 cm³/mol. The summed E-state index contributed by atoms with van der Waals surface area (Å²) in [5.74, 6) is -0.424. The minimum atomic E-state index is -3.75. The Morgan fingerprint density at radius 2 is 1.90 bits per heavy atom. The Balaban J connectivity index is 1.72. The highest BCUT2D eigenvalue weighted by Crippen LogP contribution is 2.27. The van der Waals surface area contributed by atoms with Crippen LogP contribution in [0.2, 0.25) is 0 Å². The minimum Gasteiger partial charge on any atom is -0.495 e. The van der Waals surface area contributed by atoms with Gasteiger partial charge < -0.3 is 10.1 Å². The predicted octanol–water partition coefficient (Wildman–Crippen LogP) is 4.63. The Hall–Kier alpha value is -2.71. The van der Waals surface area contributed by atoms with E-state index in [1.165, 1.54) is 30.9 Å². The van der Waals surface area contributed by atoms with Gasteiger partial charge in [-0.1, -0.05) is 37.3 Å². The number of anilines is 1. The molecule has 1 atom stereocenters. The maximum absolute atomic E-state index is 12.9. The molecule has 0 aliphatic carbocycles. The minimum absolute atomic E-state index is 0.296. The van der Waals surface area contributed by atoms with E-state index in [2.05, 4.69) is 17.2 Å². The SMILES string of the molecule is CCc1ccc(-c2nc(CS(=O)(=O)C(C)C(=O)Nc3cc(C)ccc3OC)cs2)cc1. The standard InChI is InChI=1S/C23H26N2O4S2/c1-5-17-7-9-18(10-8-17)23-24-19(13-30-23)14-31(27,28)16(3)22(26)25-20-12-15(2)6-11-21(20)29-4/h6-13,16H,5,14H2,1-4H3,(H,25,26). The Labute approximate surface area is 187 Å². The molecule has 0 aliphatic heterocycles. The molecule has 31 heavy (non-hydrogen) atoms. The molecule has 164 valence electrons. The first-order valence-corrected chi connectivity index (χ1v) is 12.5. The van der Waals surface area contributed by atoms with Gasteiger partial charge in [0.1, 0.15) is 16.0 Å². The fourth-order valence-electron chi connectivity index (χ4n) is 3.04. The molecule has 0 saturated carbocycles. The van der Waals surface area contributed by atoms with Crippen molar-refractivity contribution in [2.45, 2.75) is 38.2 Å². The fourth-order valence-corrected chi connectivity index (χ4v) is 5.16. The third-order valence-electron chi connectivity index (χ3n) is 5.03. The van der Waals surface area contributed by atoms with E-state index in [9.17, 15) is 13.2 Å². The van der Waals surface area contributed by atoms with Crippen LogP contribution >= 0.6 is 11.3 Å². The van der Waals surface area contributed by atoms with E-state index in [-0.39, 0.29) is 5.75 Å². The van der Waals surface area contributed by atoms with Crippen LogP contribution in [-0.4, -0.2) is 31.7 Å². The molecular formula is C23H26N2O4S2. The van der Waals surface area contributed by atoms with Crippen molar-refractivity contribution in [1.29, 1.82) is 0 Å². The molecule has 3 aromatic rings. The van der Waals surface area contributed by atoms with Gasteiger partial charge in [-0.2, -0.15) is 0 Å². The molecule has 1 amide bonds. The van der Waals surface area contributed by atoms with Gasteiger partial charge in [-0.3, -0.25) is 4.79 Å². The van der Waals surface area contributed by atoms with E-state index in [1.807, 2.05) is 37.3 Å². The lowest BCUT2D eigenvalue weighted by molar-refractivity contribution is -0.115. The summed E-state index contributed by atoms with van der Waals surface area (Å²) in [5.41, 5.74) is 3.98. The first-order valence-electron chi connectivity index (χ1n) is 9.94. The number of carbonyl (C=O) groups excluding carboxylic acids is 1. The second-order valence-corrected chi connectivity index (χ2v) is 10.5. The normalized spacial score (nSPS) is 12.4. The molecule has 0 aliphatic rings. The van der Waals surface area contributed by atoms with Crippen LogP contribution in [0.25, 0.3) is 10.6 Å². The molecule has 0 radical (unpaired) electrons. The van der Waals surface area contributed by atoms with Crippen molar-refractivity contribution in [1.82, 2.24) is 4.98 Å². The van der Waals surface area contributed by atoms with Crippen LogP contribution in [0.15, 0.2) is 47.8 Å². The Kier molecular flexibility index (Phi) is 7.12. The molecule has 1 aromatic heterocycles. The number of hydrogen-bond acceptors (Lipinski definition) is 6. The number of sulfone groups is 1. The van der Waals surface area contributed by atoms with Crippen LogP contribution in [0.5, 0.6) is 5.75 Å². The number of aromatic nitrogens is 1. The van der Waals surface area contributed by atoms with Crippen LogP contribution in [-0.2, 0) is 26.8 Å². The molecule has 8 heteroatoms. The number of amides is 1. The monoisotopic (exact) mass is 458 g/mol. The summed E-state index contributed by atoms with van der Waals surface area (Å²) in [4.78, 5) is 17.1. The lowest BCUT2D eigenvalue weighted by Crippen LogP contribution is -2.33. The molecule has 0 fully saturated rings. The van der Waals surface area contributed by atoms with Crippen molar-refractivity contribution in [3.63, 3.8) is 0 Å². The van der Waals surface area contributed by atoms with Gasteiger partial charge in [-0.05, 0) is 43.5 Å². The van der Waals surface area contributed by atoms with Gasteiger partial charge in [0.05, 0.1) is 24.2 Å². The molecule has 0 saturated heterocycles. The number of benzene rings is 2. The smallest absolute Gasteiger partial charge is 0.242 e. The van der Waals surface area contributed by atoms with E-state index in [0.717, 1.165) is 22.6 Å². The second kappa shape index (κ2) is 9.62. The molecule has 1 unspecified atom stereocenters. The number of methoxy groups -OCH3 is 1. The zero-order valence-electron chi connectivity index (χ0n) is 18.0. The number of carbonyl (C=O) groups is 1. The summed E-state index contributed by atoms with van der Waals surface area (Å²) in [6.45, 7) is 5.36. The average Bonchev–Trinajstić information content (AvgIpc) is 3.21. The van der Waals surface area contributed by atoms with Crippen LogP contribution in [0.1, 0.15) is 30.7 Å². The molecule has 6 nitrogen and oxygen atoms in total. The van der Waals surface area contributed by atoms with Crippen LogP contribution in [0.3, 0.4) is 0 Å². The van der Waals surface area contributed by atoms with Gasteiger partial charge in [0, 0.05) is 10.9 Å². The van der Waals surface area contributed by atoms with Gasteiger partial charge >= 0.3 is 0 Å². The molecular weight excluding hydrogens is 432 g/mol.